The molecule has 2 aromatic carbocycles. The van der Waals surface area contributed by atoms with Crippen molar-refractivity contribution in [1.82, 2.24) is 4.98 Å². The number of benzene rings is 2. The number of hydrogen-bond acceptors (Lipinski definition) is 6. The third-order valence-electron chi connectivity index (χ3n) is 4.15. The van der Waals surface area contributed by atoms with Gasteiger partial charge in [0.1, 0.15) is 10.8 Å². The summed E-state index contributed by atoms with van der Waals surface area (Å²) in [7, 11) is 0. The summed E-state index contributed by atoms with van der Waals surface area (Å²) < 4.78 is 11.5. The Hall–Kier alpha value is -1.83. The van der Waals surface area contributed by atoms with Crippen molar-refractivity contribution in [1.29, 1.82) is 0 Å². The number of halogens is 1. The summed E-state index contributed by atoms with van der Waals surface area (Å²) in [6, 6.07) is 14.2. The number of carbonyl (C=O) groups excluding carboxylic acids is 1. The predicted octanol–water partition coefficient (Wildman–Crippen LogP) is 6.42. The number of thiazole rings is 1. The van der Waals surface area contributed by atoms with Crippen LogP contribution in [0.4, 0.5) is 0 Å². The van der Waals surface area contributed by atoms with Gasteiger partial charge in [-0.1, -0.05) is 28.1 Å². The number of aryl methyl sites for hydroxylation is 2. The topological polar surface area (TPSA) is 48.4 Å². The van der Waals surface area contributed by atoms with Gasteiger partial charge < -0.3 is 9.47 Å². The Morgan fingerprint density at radius 3 is 2.62 bits per heavy atom. The molecule has 0 aliphatic heterocycles. The van der Waals surface area contributed by atoms with Crippen molar-refractivity contribution in [2.45, 2.75) is 31.4 Å². The minimum atomic E-state index is -0.354. The highest BCUT2D eigenvalue weighted by atomic mass is 79.9. The van der Waals surface area contributed by atoms with Crippen molar-refractivity contribution in [2.24, 2.45) is 0 Å². The maximum absolute atomic E-state index is 11.4. The van der Waals surface area contributed by atoms with E-state index in [9.17, 15) is 4.79 Å². The lowest BCUT2D eigenvalue weighted by Gasteiger charge is -2.10. The van der Waals surface area contributed by atoms with Gasteiger partial charge in [-0.05, 0) is 56.7 Å². The van der Waals surface area contributed by atoms with Crippen LogP contribution in [0.1, 0.15) is 23.1 Å². The number of thioether (sulfide) groups is 1. The molecule has 0 bridgehead atoms. The molecule has 1 heterocycles. The quantitative estimate of drug-likeness (QED) is 0.268. The van der Waals surface area contributed by atoms with Crippen LogP contribution in [0.2, 0.25) is 0 Å². The lowest BCUT2D eigenvalue weighted by molar-refractivity contribution is -0.145. The van der Waals surface area contributed by atoms with E-state index in [1.54, 1.807) is 30.0 Å². The fourth-order valence-corrected chi connectivity index (χ4v) is 5.11. The fourth-order valence-electron chi connectivity index (χ4n) is 2.64. The molecular weight excluding hydrogens is 470 g/mol. The Kier molecular flexibility index (Phi) is 7.75. The molecule has 7 heteroatoms. The van der Waals surface area contributed by atoms with Gasteiger partial charge in [0.05, 0.1) is 12.3 Å². The van der Waals surface area contributed by atoms with Gasteiger partial charge in [-0.25, -0.2) is 9.78 Å². The summed E-state index contributed by atoms with van der Waals surface area (Å²) in [6.45, 7) is 6.11. The van der Waals surface area contributed by atoms with Crippen LogP contribution in [0.15, 0.2) is 51.8 Å². The molecule has 0 spiro atoms. The standard InChI is InChI=1S/C22H22BrNO3S2/c1-4-26-21(25)12-27-19-10-9-18(11-14(19)2)28-13-20-15(3)24-22(29-20)16-5-7-17(23)8-6-16/h5-11H,4,12-13H2,1-3H3. The average Bonchev–Trinajstić information content (AvgIpc) is 3.07. The number of hydrogen-bond donors (Lipinski definition) is 0. The van der Waals surface area contributed by atoms with Crippen molar-refractivity contribution < 1.29 is 14.3 Å². The van der Waals surface area contributed by atoms with Crippen LogP contribution in [0.25, 0.3) is 10.6 Å². The molecule has 0 N–H and O–H groups in total. The molecule has 0 aliphatic rings. The Morgan fingerprint density at radius 1 is 1.17 bits per heavy atom. The van der Waals surface area contributed by atoms with Crippen LogP contribution in [0.3, 0.4) is 0 Å². The first kappa shape index (κ1) is 21.9. The highest BCUT2D eigenvalue weighted by Crippen LogP contribution is 2.34. The number of esters is 1. The van der Waals surface area contributed by atoms with Gasteiger partial charge in [0.15, 0.2) is 6.61 Å². The summed E-state index contributed by atoms with van der Waals surface area (Å²) >= 11 is 6.98. The molecule has 0 radical (unpaired) electrons. The zero-order valence-electron chi connectivity index (χ0n) is 16.5. The number of nitrogens with zero attached hydrogens (tertiary/aromatic N) is 1. The van der Waals surface area contributed by atoms with E-state index in [1.807, 2.05) is 31.2 Å². The molecule has 0 atom stereocenters. The highest BCUT2D eigenvalue weighted by molar-refractivity contribution is 9.10. The van der Waals surface area contributed by atoms with E-state index in [4.69, 9.17) is 14.5 Å². The van der Waals surface area contributed by atoms with E-state index >= 15 is 0 Å². The lowest BCUT2D eigenvalue weighted by Crippen LogP contribution is -2.14. The molecule has 152 valence electrons. The Morgan fingerprint density at radius 2 is 1.93 bits per heavy atom. The van der Waals surface area contributed by atoms with Crippen molar-refractivity contribution in [3.8, 4) is 16.3 Å². The minimum Gasteiger partial charge on any atom is -0.482 e. The second-order valence-electron chi connectivity index (χ2n) is 6.34. The molecular formula is C22H22BrNO3S2. The van der Waals surface area contributed by atoms with Gasteiger partial charge in [-0.3, -0.25) is 0 Å². The molecule has 1 aromatic heterocycles. The van der Waals surface area contributed by atoms with E-state index in [0.29, 0.717) is 12.4 Å². The molecule has 3 aromatic rings. The monoisotopic (exact) mass is 491 g/mol. The second-order valence-corrected chi connectivity index (χ2v) is 9.39. The summed E-state index contributed by atoms with van der Waals surface area (Å²) in [5.74, 6) is 1.21. The summed E-state index contributed by atoms with van der Waals surface area (Å²) in [4.78, 5) is 18.6. The second kappa shape index (κ2) is 10.3. The molecule has 0 saturated carbocycles. The van der Waals surface area contributed by atoms with Crippen LogP contribution in [0.5, 0.6) is 5.75 Å². The van der Waals surface area contributed by atoms with E-state index in [0.717, 1.165) is 36.9 Å². The van der Waals surface area contributed by atoms with Gasteiger partial charge in [-0.15, -0.1) is 23.1 Å². The zero-order chi connectivity index (χ0) is 20.8. The van der Waals surface area contributed by atoms with Gasteiger partial charge >= 0.3 is 5.97 Å². The van der Waals surface area contributed by atoms with Crippen LogP contribution < -0.4 is 4.74 Å². The normalized spacial score (nSPS) is 10.8. The van der Waals surface area contributed by atoms with Gasteiger partial charge in [0, 0.05) is 25.6 Å². The average molecular weight is 492 g/mol. The zero-order valence-corrected chi connectivity index (χ0v) is 19.7. The van der Waals surface area contributed by atoms with E-state index < -0.39 is 0 Å². The molecule has 0 fully saturated rings. The first-order valence-electron chi connectivity index (χ1n) is 9.20. The predicted molar refractivity (Wildman–Crippen MR) is 123 cm³/mol. The maximum Gasteiger partial charge on any atom is 0.344 e. The first-order valence-corrected chi connectivity index (χ1v) is 11.8. The third-order valence-corrected chi connectivity index (χ3v) is 7.09. The van der Waals surface area contributed by atoms with Crippen LogP contribution in [-0.4, -0.2) is 24.2 Å². The smallest absolute Gasteiger partial charge is 0.344 e. The number of carbonyl (C=O) groups is 1. The van der Waals surface area contributed by atoms with E-state index in [2.05, 4.69) is 41.1 Å². The Balaban J connectivity index is 1.62. The van der Waals surface area contributed by atoms with Gasteiger partial charge in [0.25, 0.3) is 0 Å². The Bertz CT molecular complexity index is 986. The van der Waals surface area contributed by atoms with Crippen molar-refractivity contribution in [3.63, 3.8) is 0 Å². The molecule has 0 saturated heterocycles. The highest BCUT2D eigenvalue weighted by Gasteiger charge is 2.11. The summed E-state index contributed by atoms with van der Waals surface area (Å²) in [5.41, 5.74) is 3.21. The number of aromatic nitrogens is 1. The Labute approximate surface area is 187 Å². The van der Waals surface area contributed by atoms with Crippen LogP contribution in [-0.2, 0) is 15.3 Å². The van der Waals surface area contributed by atoms with Gasteiger partial charge in [-0.2, -0.15) is 0 Å². The third kappa shape index (κ3) is 6.07. The van der Waals surface area contributed by atoms with Crippen LogP contribution >= 0.6 is 39.0 Å². The number of rotatable bonds is 8. The molecule has 0 unspecified atom stereocenters. The van der Waals surface area contributed by atoms with E-state index in [1.165, 1.54) is 4.88 Å². The van der Waals surface area contributed by atoms with Crippen LogP contribution in [0, 0.1) is 13.8 Å². The fraction of sp³-hybridized carbons (Fsp3) is 0.273. The van der Waals surface area contributed by atoms with E-state index in [-0.39, 0.29) is 12.6 Å². The number of ether oxygens (including phenoxy) is 2. The minimum absolute atomic E-state index is 0.0694. The molecule has 29 heavy (non-hydrogen) atoms. The summed E-state index contributed by atoms with van der Waals surface area (Å²) in [6.07, 6.45) is 0. The lowest BCUT2D eigenvalue weighted by atomic mass is 10.2. The molecule has 4 nitrogen and oxygen atoms in total. The largest absolute Gasteiger partial charge is 0.482 e. The van der Waals surface area contributed by atoms with Gasteiger partial charge in [0.2, 0.25) is 0 Å². The van der Waals surface area contributed by atoms with Crippen molar-refractivity contribution >= 4 is 45.0 Å². The van der Waals surface area contributed by atoms with Crippen molar-refractivity contribution in [2.75, 3.05) is 13.2 Å². The molecule has 0 aliphatic carbocycles. The maximum atomic E-state index is 11.4. The molecule has 0 amide bonds. The SMILES string of the molecule is CCOC(=O)COc1ccc(SCc2sc(-c3ccc(Br)cc3)nc2C)cc1C. The molecule has 3 rings (SSSR count). The summed E-state index contributed by atoms with van der Waals surface area (Å²) in [5, 5.41) is 1.05. The first-order chi connectivity index (χ1) is 14.0. The van der Waals surface area contributed by atoms with Crippen molar-refractivity contribution in [3.05, 3.63) is 63.1 Å².